The third-order valence-corrected chi connectivity index (χ3v) is 4.21. The molecule has 0 atom stereocenters. The molecule has 0 spiro atoms. The van der Waals surface area contributed by atoms with Crippen molar-refractivity contribution in [2.24, 2.45) is 0 Å². The van der Waals surface area contributed by atoms with Crippen LogP contribution in [-0.4, -0.2) is 9.85 Å². The maximum Gasteiger partial charge on any atom is 0.418 e. The van der Waals surface area contributed by atoms with Gasteiger partial charge in [-0.05, 0) is 18.2 Å². The highest BCUT2D eigenvalue weighted by atomic mass is 35.5. The Kier molecular flexibility index (Phi) is 5.49. The number of nitrogens with one attached hydrogen (secondary N) is 1. The maximum absolute atomic E-state index is 13.0. The second kappa shape index (κ2) is 7.14. The zero-order valence-electron chi connectivity index (χ0n) is 12.1. The zero-order chi connectivity index (χ0) is 19.8. The van der Waals surface area contributed by atoms with Gasteiger partial charge in [0.1, 0.15) is 5.02 Å². The van der Waals surface area contributed by atoms with E-state index in [9.17, 15) is 33.4 Å². The Morgan fingerprint density at radius 1 is 0.962 bits per heavy atom. The molecule has 0 unspecified atom stereocenters. The molecule has 0 aliphatic rings. The number of nitrogens with zero attached hydrogens (tertiary/aromatic N) is 2. The van der Waals surface area contributed by atoms with Gasteiger partial charge in [0, 0.05) is 11.8 Å². The standard InChI is InChI=1S/C13H5Cl3F3N3O4/c14-7-2-1-5(3-8(7)15)20-11-9(21(23)24)4-6(13(17,18)19)10(16)12(11)22(25)26/h1-4,20H. The summed E-state index contributed by atoms with van der Waals surface area (Å²) in [6.45, 7) is 0. The van der Waals surface area contributed by atoms with E-state index in [-0.39, 0.29) is 21.8 Å². The molecule has 0 heterocycles. The number of rotatable bonds is 4. The van der Waals surface area contributed by atoms with Gasteiger partial charge in [0.15, 0.2) is 5.69 Å². The van der Waals surface area contributed by atoms with E-state index < -0.39 is 43.7 Å². The van der Waals surface area contributed by atoms with E-state index in [1.54, 1.807) is 0 Å². The number of anilines is 2. The van der Waals surface area contributed by atoms with Gasteiger partial charge in [-0.25, -0.2) is 0 Å². The van der Waals surface area contributed by atoms with Gasteiger partial charge in [0.2, 0.25) is 0 Å². The number of benzene rings is 2. The molecule has 0 bridgehead atoms. The molecule has 13 heteroatoms. The molecule has 0 radical (unpaired) electrons. The molecule has 0 amide bonds. The molecule has 0 fully saturated rings. The minimum Gasteiger partial charge on any atom is -0.344 e. The van der Waals surface area contributed by atoms with Crippen molar-refractivity contribution in [2.45, 2.75) is 6.18 Å². The summed E-state index contributed by atoms with van der Waals surface area (Å²) in [6.07, 6.45) is -5.13. The Morgan fingerprint density at radius 2 is 1.58 bits per heavy atom. The Labute approximate surface area is 157 Å². The smallest absolute Gasteiger partial charge is 0.344 e. The number of nitro benzene ring substituents is 2. The van der Waals surface area contributed by atoms with Crippen LogP contribution < -0.4 is 5.32 Å². The quantitative estimate of drug-likeness (QED) is 0.458. The summed E-state index contributed by atoms with van der Waals surface area (Å²) in [5, 5.41) is 23.6. The van der Waals surface area contributed by atoms with Crippen LogP contribution in [0.15, 0.2) is 24.3 Å². The van der Waals surface area contributed by atoms with Crippen molar-refractivity contribution < 1.29 is 23.0 Å². The Hall–Kier alpha value is -2.30. The fourth-order valence-corrected chi connectivity index (χ4v) is 2.62. The summed E-state index contributed by atoms with van der Waals surface area (Å²) in [7, 11) is 0. The lowest BCUT2D eigenvalue weighted by Gasteiger charge is -2.13. The Bertz CT molecular complexity index is 922. The van der Waals surface area contributed by atoms with Gasteiger partial charge >= 0.3 is 17.6 Å². The summed E-state index contributed by atoms with van der Waals surface area (Å²) in [6, 6.07) is 3.86. The molecule has 0 saturated carbocycles. The highest BCUT2D eigenvalue weighted by Crippen LogP contribution is 2.48. The van der Waals surface area contributed by atoms with Gasteiger partial charge in [-0.15, -0.1) is 0 Å². The van der Waals surface area contributed by atoms with E-state index in [1.165, 1.54) is 18.2 Å². The van der Waals surface area contributed by atoms with Crippen LogP contribution in [0.3, 0.4) is 0 Å². The first kappa shape index (κ1) is 20.0. The van der Waals surface area contributed by atoms with E-state index in [1.807, 2.05) is 0 Å². The van der Waals surface area contributed by atoms with Crippen molar-refractivity contribution in [1.29, 1.82) is 0 Å². The van der Waals surface area contributed by atoms with Gasteiger partial charge in [-0.1, -0.05) is 34.8 Å². The number of hydrogen-bond acceptors (Lipinski definition) is 5. The van der Waals surface area contributed by atoms with Crippen LogP contribution in [0.4, 0.5) is 35.9 Å². The monoisotopic (exact) mass is 429 g/mol. The van der Waals surface area contributed by atoms with Crippen molar-refractivity contribution in [3.05, 3.63) is 65.1 Å². The first-order valence-corrected chi connectivity index (χ1v) is 7.51. The van der Waals surface area contributed by atoms with Crippen LogP contribution in [-0.2, 0) is 6.18 Å². The van der Waals surface area contributed by atoms with Crippen molar-refractivity contribution in [2.75, 3.05) is 5.32 Å². The van der Waals surface area contributed by atoms with Crippen LogP contribution in [0.25, 0.3) is 0 Å². The number of halogens is 6. The van der Waals surface area contributed by atoms with Gasteiger partial charge in [-0.2, -0.15) is 13.2 Å². The fourth-order valence-electron chi connectivity index (χ4n) is 1.99. The zero-order valence-corrected chi connectivity index (χ0v) is 14.4. The molecule has 0 aromatic heterocycles. The summed E-state index contributed by atoms with van der Waals surface area (Å²) in [5.74, 6) is 0. The van der Waals surface area contributed by atoms with E-state index in [4.69, 9.17) is 34.8 Å². The second-order valence-corrected chi connectivity index (χ2v) is 5.94. The van der Waals surface area contributed by atoms with Gasteiger partial charge < -0.3 is 5.32 Å². The predicted octanol–water partition coefficient (Wildman–Crippen LogP) is 6.23. The Morgan fingerprint density at radius 3 is 2.04 bits per heavy atom. The molecule has 138 valence electrons. The topological polar surface area (TPSA) is 98.3 Å². The summed E-state index contributed by atoms with van der Waals surface area (Å²) in [4.78, 5) is 20.0. The highest BCUT2D eigenvalue weighted by Gasteiger charge is 2.42. The molecule has 7 nitrogen and oxygen atoms in total. The van der Waals surface area contributed by atoms with Crippen molar-refractivity contribution in [3.63, 3.8) is 0 Å². The van der Waals surface area contributed by atoms with E-state index in [0.717, 1.165) is 0 Å². The third-order valence-electron chi connectivity index (χ3n) is 3.09. The number of alkyl halides is 3. The lowest BCUT2D eigenvalue weighted by Crippen LogP contribution is -2.11. The molecule has 26 heavy (non-hydrogen) atoms. The highest BCUT2D eigenvalue weighted by molar-refractivity contribution is 6.42. The molecular weight excluding hydrogens is 426 g/mol. The normalized spacial score (nSPS) is 11.3. The minimum atomic E-state index is -5.13. The number of nitro groups is 2. The number of hydrogen-bond donors (Lipinski definition) is 1. The van der Waals surface area contributed by atoms with Crippen LogP contribution in [0.1, 0.15) is 5.56 Å². The molecule has 0 aliphatic heterocycles. The minimum absolute atomic E-state index is 0.0139. The van der Waals surface area contributed by atoms with Crippen LogP contribution in [0, 0.1) is 20.2 Å². The lowest BCUT2D eigenvalue weighted by molar-refractivity contribution is -0.392. The average molecular weight is 431 g/mol. The molecule has 2 aromatic rings. The lowest BCUT2D eigenvalue weighted by atomic mass is 10.1. The SMILES string of the molecule is O=[N+]([O-])c1cc(C(F)(F)F)c(Cl)c([N+](=O)[O-])c1Nc1ccc(Cl)c(Cl)c1. The van der Waals surface area contributed by atoms with Gasteiger partial charge in [0.05, 0.1) is 25.5 Å². The van der Waals surface area contributed by atoms with Crippen LogP contribution in [0.2, 0.25) is 15.1 Å². The fraction of sp³-hybridized carbons (Fsp3) is 0.0769. The molecule has 1 N–H and O–H groups in total. The maximum atomic E-state index is 13.0. The first-order chi connectivity index (χ1) is 11.9. The van der Waals surface area contributed by atoms with Crippen molar-refractivity contribution in [3.8, 4) is 0 Å². The molecule has 0 saturated heterocycles. The van der Waals surface area contributed by atoms with E-state index in [2.05, 4.69) is 5.32 Å². The van der Waals surface area contributed by atoms with Crippen molar-refractivity contribution in [1.82, 2.24) is 0 Å². The second-order valence-electron chi connectivity index (χ2n) is 4.75. The van der Waals surface area contributed by atoms with Gasteiger partial charge in [0.25, 0.3) is 0 Å². The largest absolute Gasteiger partial charge is 0.418 e. The van der Waals surface area contributed by atoms with Crippen LogP contribution in [0.5, 0.6) is 0 Å². The predicted molar refractivity (Wildman–Crippen MR) is 89.5 cm³/mol. The summed E-state index contributed by atoms with van der Waals surface area (Å²) in [5.41, 5.74) is -4.98. The first-order valence-electron chi connectivity index (χ1n) is 6.38. The molecule has 2 aromatic carbocycles. The molecule has 2 rings (SSSR count). The van der Waals surface area contributed by atoms with E-state index in [0.29, 0.717) is 0 Å². The summed E-state index contributed by atoms with van der Waals surface area (Å²) >= 11 is 17.0. The third kappa shape index (κ3) is 3.92. The average Bonchev–Trinajstić information content (AvgIpc) is 2.49. The van der Waals surface area contributed by atoms with Gasteiger partial charge in [-0.3, -0.25) is 20.2 Å². The van der Waals surface area contributed by atoms with Crippen LogP contribution >= 0.6 is 34.8 Å². The molecule has 0 aliphatic carbocycles. The Balaban J connectivity index is 2.77. The molecular formula is C13H5Cl3F3N3O4. The summed E-state index contributed by atoms with van der Waals surface area (Å²) < 4.78 is 39.0. The van der Waals surface area contributed by atoms with E-state index >= 15 is 0 Å². The van der Waals surface area contributed by atoms with Crippen molar-refractivity contribution >= 4 is 57.6 Å².